The summed E-state index contributed by atoms with van der Waals surface area (Å²) in [5.74, 6) is 0.0977. The van der Waals surface area contributed by atoms with Crippen LogP contribution < -0.4 is 0 Å². The van der Waals surface area contributed by atoms with E-state index in [-0.39, 0.29) is 5.91 Å². The molecule has 0 saturated heterocycles. The summed E-state index contributed by atoms with van der Waals surface area (Å²) in [7, 11) is 0. The van der Waals surface area contributed by atoms with Crippen LogP contribution in [0.1, 0.15) is 28.8 Å². The zero-order valence-electron chi connectivity index (χ0n) is 14.8. The van der Waals surface area contributed by atoms with Crippen molar-refractivity contribution in [3.63, 3.8) is 0 Å². The molecule has 0 N–H and O–H groups in total. The van der Waals surface area contributed by atoms with Crippen LogP contribution in [0, 0.1) is 0 Å². The Labute approximate surface area is 161 Å². The van der Waals surface area contributed by atoms with Gasteiger partial charge in [0.2, 0.25) is 0 Å². The number of rotatable bonds is 5. The Balaban J connectivity index is 1.46. The number of pyridine rings is 1. The maximum absolute atomic E-state index is 13.2. The third-order valence-corrected chi connectivity index (χ3v) is 5.68. The summed E-state index contributed by atoms with van der Waals surface area (Å²) >= 11 is 1.67. The first-order chi connectivity index (χ1) is 13.3. The molecule has 1 aliphatic rings. The maximum Gasteiger partial charge on any atom is 0.255 e. The topological polar surface area (TPSA) is 37.6 Å². The van der Waals surface area contributed by atoms with Crippen LogP contribution in [-0.2, 0) is 6.54 Å². The number of thiophene rings is 1. The maximum atomic E-state index is 13.2. The molecule has 27 heavy (non-hydrogen) atoms. The van der Waals surface area contributed by atoms with Gasteiger partial charge >= 0.3 is 0 Å². The SMILES string of the molecule is O=C(c1ccc2nc(-c3ccccc3)cn2c1)N(Cc1ccsc1)C1CC1. The zero-order chi connectivity index (χ0) is 18.2. The number of hydrogen-bond donors (Lipinski definition) is 0. The van der Waals surface area contributed by atoms with Gasteiger partial charge in [0.05, 0.1) is 11.3 Å². The van der Waals surface area contributed by atoms with Gasteiger partial charge in [0.25, 0.3) is 5.91 Å². The molecule has 5 rings (SSSR count). The first kappa shape index (κ1) is 16.3. The van der Waals surface area contributed by atoms with Crippen molar-refractivity contribution in [2.75, 3.05) is 0 Å². The number of amides is 1. The van der Waals surface area contributed by atoms with Crippen LogP contribution in [-0.4, -0.2) is 26.2 Å². The molecule has 0 radical (unpaired) electrons. The highest BCUT2D eigenvalue weighted by molar-refractivity contribution is 7.07. The number of fused-ring (bicyclic) bond motifs is 1. The average Bonchev–Trinajstić information content (AvgIpc) is 3.25. The van der Waals surface area contributed by atoms with Crippen molar-refractivity contribution in [3.8, 4) is 11.3 Å². The average molecular weight is 373 g/mol. The summed E-state index contributed by atoms with van der Waals surface area (Å²) in [6.45, 7) is 0.685. The summed E-state index contributed by atoms with van der Waals surface area (Å²) in [6, 6.07) is 16.4. The van der Waals surface area contributed by atoms with Crippen molar-refractivity contribution >= 4 is 22.9 Å². The van der Waals surface area contributed by atoms with E-state index in [0.29, 0.717) is 18.2 Å². The van der Waals surface area contributed by atoms with Crippen molar-refractivity contribution in [1.29, 1.82) is 0 Å². The van der Waals surface area contributed by atoms with E-state index in [9.17, 15) is 4.79 Å². The normalized spacial score (nSPS) is 13.8. The van der Waals surface area contributed by atoms with Gasteiger partial charge < -0.3 is 9.30 Å². The Morgan fingerprint density at radius 2 is 1.96 bits per heavy atom. The summed E-state index contributed by atoms with van der Waals surface area (Å²) in [4.78, 5) is 19.9. The highest BCUT2D eigenvalue weighted by atomic mass is 32.1. The van der Waals surface area contributed by atoms with E-state index in [1.165, 1.54) is 5.56 Å². The molecule has 0 unspecified atom stereocenters. The minimum Gasteiger partial charge on any atom is -0.331 e. The summed E-state index contributed by atoms with van der Waals surface area (Å²) in [5, 5.41) is 4.18. The van der Waals surface area contributed by atoms with Gasteiger partial charge in [0, 0.05) is 30.5 Å². The first-order valence-electron chi connectivity index (χ1n) is 9.14. The van der Waals surface area contributed by atoms with Crippen LogP contribution in [0.15, 0.2) is 71.7 Å². The molecule has 1 saturated carbocycles. The smallest absolute Gasteiger partial charge is 0.255 e. The number of imidazole rings is 1. The number of carbonyl (C=O) groups excluding carboxylic acids is 1. The number of nitrogens with zero attached hydrogens (tertiary/aromatic N) is 3. The van der Waals surface area contributed by atoms with E-state index in [2.05, 4.69) is 21.8 Å². The predicted octanol–water partition coefficient (Wildman–Crippen LogP) is 4.87. The summed E-state index contributed by atoms with van der Waals surface area (Å²) < 4.78 is 1.95. The van der Waals surface area contributed by atoms with Gasteiger partial charge in [-0.1, -0.05) is 30.3 Å². The Morgan fingerprint density at radius 1 is 1.11 bits per heavy atom. The lowest BCUT2D eigenvalue weighted by Gasteiger charge is -2.22. The quantitative estimate of drug-likeness (QED) is 0.501. The molecule has 4 aromatic rings. The Hall–Kier alpha value is -2.92. The molecular weight excluding hydrogens is 354 g/mol. The van der Waals surface area contributed by atoms with E-state index >= 15 is 0 Å². The van der Waals surface area contributed by atoms with E-state index < -0.39 is 0 Å². The molecule has 0 bridgehead atoms. The number of aromatic nitrogens is 2. The Morgan fingerprint density at radius 3 is 2.70 bits per heavy atom. The lowest BCUT2D eigenvalue weighted by atomic mass is 10.2. The van der Waals surface area contributed by atoms with E-state index in [4.69, 9.17) is 0 Å². The molecule has 5 heteroatoms. The molecule has 0 atom stereocenters. The van der Waals surface area contributed by atoms with Gasteiger partial charge in [-0.15, -0.1) is 0 Å². The Kier molecular flexibility index (Phi) is 4.02. The van der Waals surface area contributed by atoms with Crippen molar-refractivity contribution in [3.05, 3.63) is 82.8 Å². The third kappa shape index (κ3) is 3.26. The van der Waals surface area contributed by atoms with Gasteiger partial charge in [0.15, 0.2) is 0 Å². The number of hydrogen-bond acceptors (Lipinski definition) is 3. The van der Waals surface area contributed by atoms with E-state index in [1.807, 2.05) is 64.2 Å². The highest BCUT2D eigenvalue weighted by Crippen LogP contribution is 2.30. The molecule has 1 amide bonds. The summed E-state index contributed by atoms with van der Waals surface area (Å²) in [5.41, 5.74) is 4.75. The number of carbonyl (C=O) groups is 1. The monoisotopic (exact) mass is 373 g/mol. The van der Waals surface area contributed by atoms with Crippen molar-refractivity contribution in [1.82, 2.24) is 14.3 Å². The Bertz CT molecular complexity index is 1080. The molecule has 4 nitrogen and oxygen atoms in total. The van der Waals surface area contributed by atoms with Crippen LogP contribution in [0.3, 0.4) is 0 Å². The molecular formula is C22H19N3OS. The highest BCUT2D eigenvalue weighted by Gasteiger charge is 2.33. The van der Waals surface area contributed by atoms with Crippen LogP contribution in [0.4, 0.5) is 0 Å². The van der Waals surface area contributed by atoms with E-state index in [1.54, 1.807) is 11.3 Å². The molecule has 1 fully saturated rings. The standard InChI is InChI=1S/C22H19N3OS/c26-22(25(19-7-8-19)12-16-10-11-27-15-16)18-6-9-21-23-20(14-24(21)13-18)17-4-2-1-3-5-17/h1-6,9-11,13-15,19H,7-8,12H2. The van der Waals surface area contributed by atoms with Gasteiger partial charge in [-0.05, 0) is 47.4 Å². The second-order valence-corrected chi connectivity index (χ2v) is 7.75. The van der Waals surface area contributed by atoms with Gasteiger partial charge in [-0.3, -0.25) is 4.79 Å². The molecule has 1 aliphatic carbocycles. The molecule has 1 aromatic carbocycles. The molecule has 0 spiro atoms. The first-order valence-corrected chi connectivity index (χ1v) is 10.1. The minimum atomic E-state index is 0.0977. The second-order valence-electron chi connectivity index (χ2n) is 6.97. The zero-order valence-corrected chi connectivity index (χ0v) is 15.6. The fraction of sp³-hybridized carbons (Fsp3) is 0.182. The molecule has 3 aromatic heterocycles. The van der Waals surface area contributed by atoms with Crippen molar-refractivity contribution < 1.29 is 4.79 Å². The third-order valence-electron chi connectivity index (χ3n) is 4.95. The van der Waals surface area contributed by atoms with Gasteiger partial charge in [0.1, 0.15) is 5.65 Å². The van der Waals surface area contributed by atoms with Crippen LogP contribution in [0.25, 0.3) is 16.9 Å². The van der Waals surface area contributed by atoms with Crippen LogP contribution in [0.5, 0.6) is 0 Å². The molecule has 0 aliphatic heterocycles. The lowest BCUT2D eigenvalue weighted by Crippen LogP contribution is -2.32. The minimum absolute atomic E-state index is 0.0977. The van der Waals surface area contributed by atoms with Crippen molar-refractivity contribution in [2.24, 2.45) is 0 Å². The van der Waals surface area contributed by atoms with Crippen LogP contribution in [0.2, 0.25) is 0 Å². The van der Waals surface area contributed by atoms with Crippen LogP contribution >= 0.6 is 11.3 Å². The second kappa shape index (κ2) is 6.67. The summed E-state index contributed by atoms with van der Waals surface area (Å²) in [6.07, 6.45) is 6.09. The largest absolute Gasteiger partial charge is 0.331 e. The van der Waals surface area contributed by atoms with Gasteiger partial charge in [-0.2, -0.15) is 11.3 Å². The number of benzene rings is 1. The molecule has 134 valence electrons. The van der Waals surface area contributed by atoms with Gasteiger partial charge in [-0.25, -0.2) is 4.98 Å². The lowest BCUT2D eigenvalue weighted by molar-refractivity contribution is 0.0729. The fourth-order valence-corrected chi connectivity index (χ4v) is 4.02. The molecule has 3 heterocycles. The fourth-order valence-electron chi connectivity index (χ4n) is 3.36. The van der Waals surface area contributed by atoms with E-state index in [0.717, 1.165) is 29.7 Å². The van der Waals surface area contributed by atoms with Crippen molar-refractivity contribution in [2.45, 2.75) is 25.4 Å². The predicted molar refractivity (Wildman–Crippen MR) is 108 cm³/mol.